The fraction of sp³-hybridized carbons (Fsp3) is 0.167. The van der Waals surface area contributed by atoms with Gasteiger partial charge in [-0.05, 0) is 47.9 Å². The zero-order valence-electron chi connectivity index (χ0n) is 13.4. The minimum Gasteiger partial charge on any atom is -0.366 e. The minimum absolute atomic E-state index is 0.184. The number of nitrogens with zero attached hydrogens (tertiary/aromatic N) is 2. The average Bonchev–Trinajstić information content (AvgIpc) is 2.54. The zero-order chi connectivity index (χ0) is 17.3. The lowest BCUT2D eigenvalue weighted by Gasteiger charge is -2.13. The Morgan fingerprint density at radius 2 is 2.00 bits per heavy atom. The fourth-order valence-corrected chi connectivity index (χ4v) is 2.91. The van der Waals surface area contributed by atoms with Gasteiger partial charge >= 0.3 is 0 Å². The van der Waals surface area contributed by atoms with Gasteiger partial charge in [-0.2, -0.15) is 0 Å². The van der Waals surface area contributed by atoms with E-state index < -0.39 is 5.91 Å². The number of hydrogen-bond donors (Lipinski definition) is 2. The summed E-state index contributed by atoms with van der Waals surface area (Å²) in [6.45, 7) is 4.05. The van der Waals surface area contributed by atoms with Gasteiger partial charge in [0.1, 0.15) is 0 Å². The molecule has 0 radical (unpaired) electrons. The summed E-state index contributed by atoms with van der Waals surface area (Å²) in [6, 6.07) is 11.3. The number of primary amides is 1. The monoisotopic (exact) mass is 384 g/mol. The molecule has 0 saturated heterocycles. The summed E-state index contributed by atoms with van der Waals surface area (Å²) in [5, 5.41) is 4.15. The molecule has 0 saturated carbocycles. The highest BCUT2D eigenvalue weighted by atomic mass is 79.9. The Hall–Kier alpha value is -2.47. The second kappa shape index (κ2) is 6.57. The predicted octanol–water partition coefficient (Wildman–Crippen LogP) is 4.36. The molecule has 0 fully saturated rings. The smallest absolute Gasteiger partial charge is 0.248 e. The van der Waals surface area contributed by atoms with Crippen LogP contribution in [0.2, 0.25) is 0 Å². The van der Waals surface area contributed by atoms with Gasteiger partial charge in [0, 0.05) is 27.3 Å². The topological polar surface area (TPSA) is 80.9 Å². The number of anilines is 2. The van der Waals surface area contributed by atoms with Gasteiger partial charge in [-0.15, -0.1) is 0 Å². The zero-order valence-corrected chi connectivity index (χ0v) is 15.0. The standard InChI is InChI=1S/C18H17BrN4O/c1-10(2)15-8-13(4-5-14(15)17(20)24)22-18-21-9-11-7-12(19)3-6-16(11)23-18/h3-10H,1-2H3,(H2,20,24)(H,21,22,23). The number of benzene rings is 2. The first-order chi connectivity index (χ1) is 11.4. The summed E-state index contributed by atoms with van der Waals surface area (Å²) in [5.41, 5.74) is 8.56. The van der Waals surface area contributed by atoms with Crippen LogP contribution in [0.3, 0.4) is 0 Å². The Kier molecular flexibility index (Phi) is 4.49. The van der Waals surface area contributed by atoms with Gasteiger partial charge < -0.3 is 11.1 Å². The summed E-state index contributed by atoms with van der Waals surface area (Å²) >= 11 is 3.44. The molecule has 24 heavy (non-hydrogen) atoms. The lowest BCUT2D eigenvalue weighted by atomic mass is 9.96. The largest absolute Gasteiger partial charge is 0.366 e. The van der Waals surface area contributed by atoms with E-state index in [1.54, 1.807) is 18.3 Å². The number of hydrogen-bond acceptors (Lipinski definition) is 4. The lowest BCUT2D eigenvalue weighted by Crippen LogP contribution is -2.14. The second-order valence-corrected chi connectivity index (χ2v) is 6.76. The van der Waals surface area contributed by atoms with E-state index in [9.17, 15) is 4.79 Å². The number of nitrogens with one attached hydrogen (secondary N) is 1. The van der Waals surface area contributed by atoms with Crippen LogP contribution in [0.15, 0.2) is 47.1 Å². The molecule has 5 nitrogen and oxygen atoms in total. The predicted molar refractivity (Wildman–Crippen MR) is 99.6 cm³/mol. The quantitative estimate of drug-likeness (QED) is 0.699. The van der Waals surface area contributed by atoms with Crippen LogP contribution >= 0.6 is 15.9 Å². The number of carbonyl (C=O) groups excluding carboxylic acids is 1. The van der Waals surface area contributed by atoms with Crippen LogP contribution in [-0.4, -0.2) is 15.9 Å². The number of fused-ring (bicyclic) bond motifs is 1. The van der Waals surface area contributed by atoms with Crippen LogP contribution in [0.5, 0.6) is 0 Å². The highest BCUT2D eigenvalue weighted by Crippen LogP contribution is 2.25. The molecular formula is C18H17BrN4O. The van der Waals surface area contributed by atoms with E-state index in [1.807, 2.05) is 38.1 Å². The average molecular weight is 385 g/mol. The molecule has 0 aliphatic rings. The van der Waals surface area contributed by atoms with Crippen LogP contribution in [0.25, 0.3) is 10.9 Å². The molecule has 3 aromatic rings. The molecule has 3 N–H and O–H groups in total. The van der Waals surface area contributed by atoms with Crippen molar-refractivity contribution in [2.45, 2.75) is 19.8 Å². The van der Waals surface area contributed by atoms with Crippen molar-refractivity contribution in [3.05, 3.63) is 58.2 Å². The van der Waals surface area contributed by atoms with Gasteiger partial charge in [-0.25, -0.2) is 9.97 Å². The van der Waals surface area contributed by atoms with E-state index in [0.29, 0.717) is 11.5 Å². The van der Waals surface area contributed by atoms with Crippen LogP contribution in [0, 0.1) is 0 Å². The SMILES string of the molecule is CC(C)c1cc(Nc2ncc3cc(Br)ccc3n2)ccc1C(N)=O. The Bertz CT molecular complexity index is 924. The van der Waals surface area contributed by atoms with Crippen molar-refractivity contribution in [1.29, 1.82) is 0 Å². The van der Waals surface area contributed by atoms with Crippen molar-refractivity contribution >= 4 is 44.4 Å². The van der Waals surface area contributed by atoms with Crippen LogP contribution in [0.4, 0.5) is 11.6 Å². The van der Waals surface area contributed by atoms with Crippen molar-refractivity contribution in [1.82, 2.24) is 9.97 Å². The molecule has 0 unspecified atom stereocenters. The summed E-state index contributed by atoms with van der Waals surface area (Å²) in [7, 11) is 0. The maximum atomic E-state index is 11.5. The molecule has 0 atom stereocenters. The molecular weight excluding hydrogens is 368 g/mol. The Balaban J connectivity index is 1.94. The highest BCUT2D eigenvalue weighted by molar-refractivity contribution is 9.10. The van der Waals surface area contributed by atoms with Gasteiger partial charge in [-0.3, -0.25) is 4.79 Å². The van der Waals surface area contributed by atoms with Crippen LogP contribution in [0.1, 0.15) is 35.7 Å². The summed E-state index contributed by atoms with van der Waals surface area (Å²) in [6.07, 6.45) is 1.77. The number of halogens is 1. The third-order valence-corrected chi connectivity index (χ3v) is 4.23. The van der Waals surface area contributed by atoms with E-state index in [1.165, 1.54) is 0 Å². The van der Waals surface area contributed by atoms with Gasteiger partial charge in [0.15, 0.2) is 0 Å². The first-order valence-corrected chi connectivity index (χ1v) is 8.36. The molecule has 3 rings (SSSR count). The van der Waals surface area contributed by atoms with E-state index in [-0.39, 0.29) is 5.92 Å². The molecule has 1 heterocycles. The molecule has 0 aliphatic carbocycles. The number of aromatic nitrogens is 2. The lowest BCUT2D eigenvalue weighted by molar-refractivity contribution is 0.0999. The van der Waals surface area contributed by atoms with Crippen molar-refractivity contribution in [2.24, 2.45) is 5.73 Å². The maximum absolute atomic E-state index is 11.5. The first kappa shape index (κ1) is 16.4. The number of nitrogens with two attached hydrogens (primary N) is 1. The van der Waals surface area contributed by atoms with Crippen molar-refractivity contribution in [2.75, 3.05) is 5.32 Å². The van der Waals surface area contributed by atoms with E-state index in [0.717, 1.165) is 26.6 Å². The fourth-order valence-electron chi connectivity index (χ4n) is 2.54. The van der Waals surface area contributed by atoms with Crippen molar-refractivity contribution < 1.29 is 4.79 Å². The third-order valence-electron chi connectivity index (χ3n) is 3.74. The Morgan fingerprint density at radius 3 is 2.71 bits per heavy atom. The molecule has 0 bridgehead atoms. The van der Waals surface area contributed by atoms with E-state index >= 15 is 0 Å². The maximum Gasteiger partial charge on any atom is 0.248 e. The minimum atomic E-state index is -0.419. The highest BCUT2D eigenvalue weighted by Gasteiger charge is 2.12. The van der Waals surface area contributed by atoms with Crippen LogP contribution in [-0.2, 0) is 0 Å². The van der Waals surface area contributed by atoms with Gasteiger partial charge in [0.05, 0.1) is 5.52 Å². The summed E-state index contributed by atoms with van der Waals surface area (Å²) in [4.78, 5) is 20.4. The second-order valence-electron chi connectivity index (χ2n) is 5.84. The normalized spacial score (nSPS) is 11.0. The van der Waals surface area contributed by atoms with Gasteiger partial charge in [-0.1, -0.05) is 29.8 Å². The number of rotatable bonds is 4. The van der Waals surface area contributed by atoms with Gasteiger partial charge in [0.2, 0.25) is 11.9 Å². The molecule has 1 aromatic heterocycles. The van der Waals surface area contributed by atoms with Crippen LogP contribution < -0.4 is 11.1 Å². The first-order valence-electron chi connectivity index (χ1n) is 7.57. The number of carbonyl (C=O) groups is 1. The van der Waals surface area contributed by atoms with Crippen molar-refractivity contribution in [3.63, 3.8) is 0 Å². The van der Waals surface area contributed by atoms with E-state index in [2.05, 4.69) is 31.2 Å². The summed E-state index contributed by atoms with van der Waals surface area (Å²) in [5.74, 6) is 0.272. The molecule has 2 aromatic carbocycles. The van der Waals surface area contributed by atoms with Crippen molar-refractivity contribution in [3.8, 4) is 0 Å². The molecule has 6 heteroatoms. The summed E-state index contributed by atoms with van der Waals surface area (Å²) < 4.78 is 0.989. The number of amides is 1. The Labute approximate surface area is 148 Å². The van der Waals surface area contributed by atoms with Gasteiger partial charge in [0.25, 0.3) is 0 Å². The van der Waals surface area contributed by atoms with E-state index in [4.69, 9.17) is 5.73 Å². The molecule has 0 spiro atoms. The Morgan fingerprint density at radius 1 is 1.21 bits per heavy atom. The molecule has 122 valence electrons. The molecule has 1 amide bonds. The molecule has 0 aliphatic heterocycles. The third kappa shape index (κ3) is 3.38.